The summed E-state index contributed by atoms with van der Waals surface area (Å²) in [5.41, 5.74) is 1.04. The van der Waals surface area contributed by atoms with Crippen LogP contribution < -0.4 is 10.3 Å². The molecule has 0 radical (unpaired) electrons. The lowest BCUT2D eigenvalue weighted by molar-refractivity contribution is 0.344. The number of halogens is 1. The monoisotopic (exact) mass is 380 g/mol. The Balaban J connectivity index is 1.73. The van der Waals surface area contributed by atoms with Gasteiger partial charge >= 0.3 is 0 Å². The fraction of sp³-hybridized carbons (Fsp3) is 0.294. The Morgan fingerprint density at radius 3 is 2.83 bits per heavy atom. The number of benzene rings is 1. The molecule has 0 N–H and O–H groups in total. The molecule has 0 aliphatic heterocycles. The molecule has 0 spiro atoms. The first-order valence-corrected chi connectivity index (χ1v) is 9.64. The molecule has 0 saturated carbocycles. The van der Waals surface area contributed by atoms with Gasteiger partial charge in [0.2, 0.25) is 0 Å². The van der Waals surface area contributed by atoms with Gasteiger partial charge in [-0.3, -0.25) is 9.36 Å². The minimum atomic E-state index is 0.0105. The van der Waals surface area contributed by atoms with Gasteiger partial charge in [-0.15, -0.1) is 11.3 Å². The molecule has 0 saturated heterocycles. The molecule has 7 heteroatoms. The summed E-state index contributed by atoms with van der Waals surface area (Å²) in [4.78, 5) is 19.1. The molecule has 0 aliphatic carbocycles. The van der Waals surface area contributed by atoms with Gasteiger partial charge in [0.25, 0.3) is 5.56 Å². The molecule has 24 heavy (non-hydrogen) atoms. The lowest BCUT2D eigenvalue weighted by Crippen LogP contribution is -2.20. The van der Waals surface area contributed by atoms with Crippen molar-refractivity contribution in [2.75, 3.05) is 12.4 Å². The highest BCUT2D eigenvalue weighted by Gasteiger charge is 2.14. The van der Waals surface area contributed by atoms with E-state index in [0.29, 0.717) is 28.3 Å². The number of hydrogen-bond donors (Lipinski definition) is 0. The van der Waals surface area contributed by atoms with Gasteiger partial charge in [-0.2, -0.15) is 0 Å². The zero-order chi connectivity index (χ0) is 17.3. The number of thiophene rings is 1. The first-order valence-electron chi connectivity index (χ1n) is 7.46. The van der Waals surface area contributed by atoms with Crippen LogP contribution in [-0.4, -0.2) is 21.9 Å². The van der Waals surface area contributed by atoms with Crippen molar-refractivity contribution in [1.29, 1.82) is 0 Å². The second-order valence-corrected chi connectivity index (χ2v) is 8.02. The Morgan fingerprint density at radius 1 is 1.33 bits per heavy atom. The van der Waals surface area contributed by atoms with Crippen LogP contribution in [0.5, 0.6) is 5.75 Å². The van der Waals surface area contributed by atoms with E-state index in [-0.39, 0.29) is 5.56 Å². The average Bonchev–Trinajstić information content (AvgIpc) is 2.84. The Bertz CT molecular complexity index is 950. The van der Waals surface area contributed by atoms with Crippen LogP contribution in [0.25, 0.3) is 10.2 Å². The van der Waals surface area contributed by atoms with E-state index in [0.717, 1.165) is 20.7 Å². The van der Waals surface area contributed by atoms with E-state index >= 15 is 0 Å². The third-order valence-corrected chi connectivity index (χ3v) is 6.19. The molecule has 0 amide bonds. The van der Waals surface area contributed by atoms with E-state index in [4.69, 9.17) is 16.3 Å². The summed E-state index contributed by atoms with van der Waals surface area (Å²) in [6, 6.07) is 7.38. The van der Waals surface area contributed by atoms with Crippen molar-refractivity contribution < 1.29 is 4.74 Å². The molecule has 3 aromatic rings. The largest absolute Gasteiger partial charge is 0.491 e. The normalized spacial score (nSPS) is 11.2. The van der Waals surface area contributed by atoms with Gasteiger partial charge in [-0.25, -0.2) is 4.98 Å². The first kappa shape index (κ1) is 17.3. The predicted molar refractivity (Wildman–Crippen MR) is 102 cm³/mol. The van der Waals surface area contributed by atoms with Crippen LogP contribution >= 0.6 is 34.7 Å². The van der Waals surface area contributed by atoms with Gasteiger partial charge in [0, 0.05) is 17.7 Å². The molecule has 126 valence electrons. The number of thioether (sulfide) groups is 1. The van der Waals surface area contributed by atoms with E-state index in [1.807, 2.05) is 32.0 Å². The summed E-state index contributed by atoms with van der Waals surface area (Å²) >= 11 is 9.13. The van der Waals surface area contributed by atoms with E-state index in [2.05, 4.69) is 4.98 Å². The number of rotatable bonds is 5. The Labute approximate surface area is 153 Å². The van der Waals surface area contributed by atoms with Gasteiger partial charge in [0.05, 0.1) is 17.0 Å². The standard InChI is InChI=1S/C17H17ClN2O2S2/c1-10-11(2)24-15-14(10)16(21)20(3)17(19-15)23-9-8-22-13-7-5-4-6-12(13)18/h4-7H,8-9H2,1-3H3. The summed E-state index contributed by atoms with van der Waals surface area (Å²) in [5.74, 6) is 1.35. The summed E-state index contributed by atoms with van der Waals surface area (Å²) in [6.45, 7) is 4.48. The molecule has 1 aromatic carbocycles. The number of aromatic nitrogens is 2. The number of para-hydroxylation sites is 1. The van der Waals surface area contributed by atoms with Crippen LogP contribution in [0.3, 0.4) is 0 Å². The van der Waals surface area contributed by atoms with Crippen LogP contribution in [-0.2, 0) is 7.05 Å². The van der Waals surface area contributed by atoms with Crippen molar-refractivity contribution in [2.45, 2.75) is 19.0 Å². The second kappa shape index (κ2) is 7.17. The van der Waals surface area contributed by atoms with Gasteiger partial charge in [-0.1, -0.05) is 35.5 Å². The Hall–Kier alpha value is -1.50. The maximum absolute atomic E-state index is 12.5. The SMILES string of the molecule is Cc1sc2nc(SCCOc3ccccc3Cl)n(C)c(=O)c2c1C. The van der Waals surface area contributed by atoms with Crippen LogP contribution in [0.15, 0.2) is 34.2 Å². The molecule has 3 rings (SSSR count). The van der Waals surface area contributed by atoms with Crippen LogP contribution in [0.4, 0.5) is 0 Å². The molecule has 0 atom stereocenters. The number of ether oxygens (including phenoxy) is 1. The number of hydrogen-bond acceptors (Lipinski definition) is 5. The minimum absolute atomic E-state index is 0.0105. The summed E-state index contributed by atoms with van der Waals surface area (Å²) in [7, 11) is 1.76. The molecule has 2 heterocycles. The van der Waals surface area contributed by atoms with E-state index < -0.39 is 0 Å². The van der Waals surface area contributed by atoms with Crippen molar-refractivity contribution >= 4 is 44.9 Å². The zero-order valence-corrected chi connectivity index (χ0v) is 16.0. The third-order valence-electron chi connectivity index (χ3n) is 3.78. The van der Waals surface area contributed by atoms with Gasteiger partial charge in [-0.05, 0) is 31.5 Å². The lowest BCUT2D eigenvalue weighted by Gasteiger charge is -2.09. The smallest absolute Gasteiger partial charge is 0.262 e. The number of fused-ring (bicyclic) bond motifs is 1. The molecule has 0 unspecified atom stereocenters. The maximum Gasteiger partial charge on any atom is 0.262 e. The van der Waals surface area contributed by atoms with Gasteiger partial charge in [0.1, 0.15) is 10.6 Å². The summed E-state index contributed by atoms with van der Waals surface area (Å²) < 4.78 is 7.29. The summed E-state index contributed by atoms with van der Waals surface area (Å²) in [6.07, 6.45) is 0. The second-order valence-electron chi connectivity index (χ2n) is 5.35. The fourth-order valence-corrected chi connectivity index (χ4v) is 4.38. The van der Waals surface area contributed by atoms with E-state index in [1.54, 1.807) is 29.0 Å². The highest BCUT2D eigenvalue weighted by molar-refractivity contribution is 7.99. The molecule has 0 fully saturated rings. The highest BCUT2D eigenvalue weighted by atomic mass is 35.5. The van der Waals surface area contributed by atoms with Crippen molar-refractivity contribution in [3.05, 3.63) is 50.1 Å². The highest BCUT2D eigenvalue weighted by Crippen LogP contribution is 2.28. The van der Waals surface area contributed by atoms with Gasteiger partial charge < -0.3 is 4.74 Å². The average molecular weight is 381 g/mol. The lowest BCUT2D eigenvalue weighted by atomic mass is 10.2. The van der Waals surface area contributed by atoms with Gasteiger partial charge in [0.15, 0.2) is 5.16 Å². The molecule has 4 nitrogen and oxygen atoms in total. The topological polar surface area (TPSA) is 44.1 Å². The van der Waals surface area contributed by atoms with Crippen molar-refractivity contribution in [3.63, 3.8) is 0 Å². The summed E-state index contributed by atoms with van der Waals surface area (Å²) in [5, 5.41) is 2.03. The third kappa shape index (κ3) is 3.31. The van der Waals surface area contributed by atoms with Crippen molar-refractivity contribution in [1.82, 2.24) is 9.55 Å². The molecule has 0 aliphatic rings. The first-order chi connectivity index (χ1) is 11.5. The predicted octanol–water partition coefficient (Wildman–Crippen LogP) is 4.44. The molecule has 2 aromatic heterocycles. The minimum Gasteiger partial charge on any atom is -0.491 e. The quantitative estimate of drug-likeness (QED) is 0.373. The Morgan fingerprint density at radius 2 is 2.08 bits per heavy atom. The molecular weight excluding hydrogens is 364 g/mol. The van der Waals surface area contributed by atoms with Crippen LogP contribution in [0, 0.1) is 13.8 Å². The zero-order valence-electron chi connectivity index (χ0n) is 13.6. The molecule has 0 bridgehead atoms. The van der Waals surface area contributed by atoms with Crippen LogP contribution in [0.2, 0.25) is 5.02 Å². The Kier molecular flexibility index (Phi) is 5.18. The van der Waals surface area contributed by atoms with E-state index in [9.17, 15) is 4.79 Å². The molecular formula is C17H17ClN2O2S2. The maximum atomic E-state index is 12.5. The fourth-order valence-electron chi connectivity index (χ4n) is 2.33. The van der Waals surface area contributed by atoms with Crippen molar-refractivity contribution in [3.8, 4) is 5.75 Å². The number of aryl methyl sites for hydroxylation is 2. The van der Waals surface area contributed by atoms with Crippen molar-refractivity contribution in [2.24, 2.45) is 7.05 Å². The van der Waals surface area contributed by atoms with E-state index in [1.165, 1.54) is 11.8 Å². The van der Waals surface area contributed by atoms with Crippen LogP contribution in [0.1, 0.15) is 10.4 Å². The number of nitrogens with zero attached hydrogens (tertiary/aromatic N) is 2.